The molecule has 1 aromatic heterocycles. The van der Waals surface area contributed by atoms with E-state index in [9.17, 15) is 17.2 Å². The van der Waals surface area contributed by atoms with Crippen molar-refractivity contribution in [2.75, 3.05) is 26.2 Å². The Bertz CT molecular complexity index is 1210. The second-order valence-corrected chi connectivity index (χ2v) is 9.47. The van der Waals surface area contributed by atoms with Crippen LogP contribution in [-0.4, -0.2) is 64.0 Å². The maximum absolute atomic E-state index is 13.6. The topological polar surface area (TPSA) is 84.2 Å². The predicted molar refractivity (Wildman–Crippen MR) is 109 cm³/mol. The molecule has 3 aromatic rings. The van der Waals surface area contributed by atoms with Crippen molar-refractivity contribution in [1.29, 1.82) is 0 Å². The molecule has 1 fully saturated rings. The molecule has 2 heterocycles. The van der Waals surface area contributed by atoms with Gasteiger partial charge in [-0.3, -0.25) is 4.90 Å². The van der Waals surface area contributed by atoms with E-state index in [1.807, 2.05) is 24.8 Å². The van der Waals surface area contributed by atoms with Crippen molar-refractivity contribution in [3.8, 4) is 5.69 Å². The molecule has 0 radical (unpaired) electrons. The minimum atomic E-state index is -3.56. The van der Waals surface area contributed by atoms with Crippen molar-refractivity contribution in [3.05, 3.63) is 65.0 Å². The van der Waals surface area contributed by atoms with Crippen LogP contribution in [0.3, 0.4) is 0 Å². The van der Waals surface area contributed by atoms with Gasteiger partial charge >= 0.3 is 0 Å². The van der Waals surface area contributed by atoms with Gasteiger partial charge in [0, 0.05) is 32.2 Å². The minimum absolute atomic E-state index is 0.298. The van der Waals surface area contributed by atoms with Gasteiger partial charge in [-0.25, -0.2) is 17.2 Å². The van der Waals surface area contributed by atoms with Crippen molar-refractivity contribution >= 4 is 10.0 Å². The molecule has 0 spiro atoms. The molecule has 0 atom stereocenters. The summed E-state index contributed by atoms with van der Waals surface area (Å²) in [5, 5.41) is 11.5. The smallest absolute Gasteiger partial charge is 0.243 e. The van der Waals surface area contributed by atoms with E-state index in [0.717, 1.165) is 23.3 Å². The summed E-state index contributed by atoms with van der Waals surface area (Å²) < 4.78 is 55.6. The van der Waals surface area contributed by atoms with Crippen LogP contribution in [0.2, 0.25) is 0 Å². The van der Waals surface area contributed by atoms with Crippen LogP contribution in [0.15, 0.2) is 41.3 Å². The van der Waals surface area contributed by atoms with Crippen LogP contribution >= 0.6 is 0 Å². The van der Waals surface area contributed by atoms with Gasteiger partial charge in [-0.2, -0.15) is 8.99 Å². The molecular formula is C20H22F2N6O2S. The first kappa shape index (κ1) is 21.5. The summed E-state index contributed by atoms with van der Waals surface area (Å²) in [6.45, 7) is 5.85. The second-order valence-electron chi connectivity index (χ2n) is 7.53. The van der Waals surface area contributed by atoms with Gasteiger partial charge in [0.05, 0.1) is 17.1 Å². The average molecular weight is 448 g/mol. The van der Waals surface area contributed by atoms with Gasteiger partial charge in [0.1, 0.15) is 0 Å². The molecule has 11 heteroatoms. The normalized spacial score (nSPS) is 16.0. The quantitative estimate of drug-likeness (QED) is 0.594. The highest BCUT2D eigenvalue weighted by Crippen LogP contribution is 2.21. The fourth-order valence-electron chi connectivity index (χ4n) is 3.47. The Kier molecular flexibility index (Phi) is 5.82. The zero-order chi connectivity index (χ0) is 22.2. The second kappa shape index (κ2) is 8.40. The molecule has 1 saturated heterocycles. The highest BCUT2D eigenvalue weighted by molar-refractivity contribution is 7.89. The van der Waals surface area contributed by atoms with E-state index in [4.69, 9.17) is 0 Å². The van der Waals surface area contributed by atoms with Gasteiger partial charge in [-0.1, -0.05) is 6.07 Å². The van der Waals surface area contributed by atoms with Gasteiger partial charge in [0.25, 0.3) is 0 Å². The number of hydrogen-bond donors (Lipinski definition) is 0. The Balaban J connectivity index is 1.44. The van der Waals surface area contributed by atoms with Crippen LogP contribution in [0.25, 0.3) is 5.69 Å². The number of hydrogen-bond acceptors (Lipinski definition) is 6. The molecule has 164 valence electrons. The van der Waals surface area contributed by atoms with Gasteiger partial charge in [0.15, 0.2) is 17.5 Å². The lowest BCUT2D eigenvalue weighted by atomic mass is 10.1. The highest BCUT2D eigenvalue weighted by atomic mass is 32.2. The lowest BCUT2D eigenvalue weighted by Crippen LogP contribution is -2.48. The van der Waals surface area contributed by atoms with Crippen LogP contribution in [0, 0.1) is 25.5 Å². The van der Waals surface area contributed by atoms with Crippen molar-refractivity contribution in [2.45, 2.75) is 25.3 Å². The van der Waals surface area contributed by atoms with Crippen molar-refractivity contribution in [1.82, 2.24) is 29.4 Å². The summed E-state index contributed by atoms with van der Waals surface area (Å²) in [5.74, 6) is -1.47. The first-order valence-corrected chi connectivity index (χ1v) is 11.2. The van der Waals surface area contributed by atoms with Crippen LogP contribution < -0.4 is 0 Å². The van der Waals surface area contributed by atoms with E-state index in [1.54, 1.807) is 12.1 Å². The lowest BCUT2D eigenvalue weighted by Gasteiger charge is -2.33. The number of benzene rings is 2. The highest BCUT2D eigenvalue weighted by Gasteiger charge is 2.29. The Morgan fingerprint density at radius 3 is 2.35 bits per heavy atom. The third-order valence-corrected chi connectivity index (χ3v) is 7.39. The molecule has 0 unspecified atom stereocenters. The number of tetrazole rings is 1. The van der Waals surface area contributed by atoms with E-state index in [0.29, 0.717) is 49.1 Å². The van der Waals surface area contributed by atoms with E-state index in [1.165, 1.54) is 15.1 Å². The van der Waals surface area contributed by atoms with E-state index in [2.05, 4.69) is 15.5 Å². The third kappa shape index (κ3) is 4.34. The first-order valence-electron chi connectivity index (χ1n) is 9.78. The number of aryl methyl sites for hydroxylation is 2. The van der Waals surface area contributed by atoms with Gasteiger partial charge in [-0.15, -0.1) is 5.10 Å². The average Bonchev–Trinajstić information content (AvgIpc) is 3.20. The standard InChI is InChI=1S/C20H22F2N6O2S/c1-14-3-5-17(11-15(14)2)31(29,30)27-9-7-26(8-10-27)13-20-23-24-25-28(20)16-4-6-18(21)19(22)12-16/h3-6,11-12H,7-10,13H2,1-2H3. The zero-order valence-corrected chi connectivity index (χ0v) is 18.0. The molecule has 1 aliphatic rings. The summed E-state index contributed by atoms with van der Waals surface area (Å²) in [7, 11) is -3.56. The van der Waals surface area contributed by atoms with Crippen LogP contribution in [0.4, 0.5) is 8.78 Å². The van der Waals surface area contributed by atoms with E-state index >= 15 is 0 Å². The monoisotopic (exact) mass is 448 g/mol. The van der Waals surface area contributed by atoms with Crippen LogP contribution in [0.5, 0.6) is 0 Å². The molecule has 8 nitrogen and oxygen atoms in total. The lowest BCUT2D eigenvalue weighted by molar-refractivity contribution is 0.177. The summed E-state index contributed by atoms with van der Waals surface area (Å²) in [4.78, 5) is 2.32. The number of piperazine rings is 1. The molecule has 2 aromatic carbocycles. The SMILES string of the molecule is Cc1ccc(S(=O)(=O)N2CCN(Cc3nnnn3-c3ccc(F)c(F)c3)CC2)cc1C. The molecule has 0 saturated carbocycles. The summed E-state index contributed by atoms with van der Waals surface area (Å²) in [5.41, 5.74) is 2.29. The Morgan fingerprint density at radius 2 is 1.68 bits per heavy atom. The fourth-order valence-corrected chi connectivity index (χ4v) is 4.98. The zero-order valence-electron chi connectivity index (χ0n) is 17.2. The molecule has 0 amide bonds. The molecule has 1 aliphatic heterocycles. The van der Waals surface area contributed by atoms with Gasteiger partial charge in [-0.05, 0) is 59.7 Å². The number of aromatic nitrogens is 4. The number of nitrogens with zero attached hydrogens (tertiary/aromatic N) is 6. The molecule has 4 rings (SSSR count). The van der Waals surface area contributed by atoms with E-state index in [-0.39, 0.29) is 0 Å². The maximum Gasteiger partial charge on any atom is 0.243 e. The maximum atomic E-state index is 13.6. The summed E-state index contributed by atoms with van der Waals surface area (Å²) >= 11 is 0. The summed E-state index contributed by atoms with van der Waals surface area (Å²) in [6.07, 6.45) is 0. The first-order chi connectivity index (χ1) is 14.8. The van der Waals surface area contributed by atoms with Crippen molar-refractivity contribution in [3.63, 3.8) is 0 Å². The number of rotatable bonds is 5. The third-order valence-electron chi connectivity index (χ3n) is 5.49. The fraction of sp³-hybridized carbons (Fsp3) is 0.350. The van der Waals surface area contributed by atoms with Crippen molar-refractivity contribution in [2.24, 2.45) is 0 Å². The molecule has 31 heavy (non-hydrogen) atoms. The molecule has 0 bridgehead atoms. The van der Waals surface area contributed by atoms with Crippen LogP contribution in [-0.2, 0) is 16.6 Å². The van der Waals surface area contributed by atoms with E-state index < -0.39 is 21.7 Å². The Hall–Kier alpha value is -2.76. The molecule has 0 aliphatic carbocycles. The van der Waals surface area contributed by atoms with Crippen LogP contribution in [0.1, 0.15) is 17.0 Å². The molecular weight excluding hydrogens is 426 g/mol. The van der Waals surface area contributed by atoms with Crippen molar-refractivity contribution < 1.29 is 17.2 Å². The summed E-state index contributed by atoms with van der Waals surface area (Å²) in [6, 6.07) is 8.60. The number of sulfonamides is 1. The van der Waals surface area contributed by atoms with Gasteiger partial charge in [0.2, 0.25) is 10.0 Å². The molecule has 0 N–H and O–H groups in total. The Morgan fingerprint density at radius 1 is 0.935 bits per heavy atom. The van der Waals surface area contributed by atoms with Gasteiger partial charge < -0.3 is 0 Å². The number of halogens is 2. The Labute approximate surface area is 179 Å². The predicted octanol–water partition coefficient (Wildman–Crippen LogP) is 2.06. The minimum Gasteiger partial charge on any atom is -0.293 e. The largest absolute Gasteiger partial charge is 0.293 e.